The molecule has 25 heavy (non-hydrogen) atoms. The lowest BCUT2D eigenvalue weighted by molar-refractivity contribution is -0.130. The van der Waals surface area contributed by atoms with Crippen LogP contribution in [0.4, 0.5) is 0 Å². The van der Waals surface area contributed by atoms with E-state index < -0.39 is 0 Å². The highest BCUT2D eigenvalue weighted by molar-refractivity contribution is 14.0. The third-order valence-electron chi connectivity index (χ3n) is 3.85. The molecule has 2 heterocycles. The Balaban J connectivity index is 0.00000312. The summed E-state index contributed by atoms with van der Waals surface area (Å²) in [5, 5.41) is 10.2. The molecule has 2 N–H and O–H groups in total. The number of likely N-dealkylation sites (tertiary alicyclic amines) is 1. The second kappa shape index (κ2) is 12.0. The fourth-order valence-corrected chi connectivity index (χ4v) is 2.64. The highest BCUT2D eigenvalue weighted by Crippen LogP contribution is 2.11. The van der Waals surface area contributed by atoms with Crippen molar-refractivity contribution in [1.29, 1.82) is 0 Å². The number of nitrogens with one attached hydrogen (secondary N) is 2. The summed E-state index contributed by atoms with van der Waals surface area (Å²) >= 11 is 0. The molecule has 0 aliphatic carbocycles. The summed E-state index contributed by atoms with van der Waals surface area (Å²) in [7, 11) is 0. The average Bonchev–Trinajstić information content (AvgIpc) is 2.87. The van der Waals surface area contributed by atoms with Crippen molar-refractivity contribution in [2.45, 2.75) is 52.5 Å². The predicted molar refractivity (Wildman–Crippen MR) is 107 cm³/mol. The minimum absolute atomic E-state index is 0. The maximum atomic E-state index is 12.0. The third-order valence-corrected chi connectivity index (χ3v) is 3.85. The molecule has 0 aromatic carbocycles. The van der Waals surface area contributed by atoms with Gasteiger partial charge in [0.05, 0.1) is 0 Å². The summed E-state index contributed by atoms with van der Waals surface area (Å²) in [6.07, 6.45) is 4.90. The third kappa shape index (κ3) is 8.02. The number of aryl methyl sites for hydroxylation is 1. The lowest BCUT2D eigenvalue weighted by Crippen LogP contribution is -2.39. The van der Waals surface area contributed by atoms with E-state index in [1.54, 1.807) is 6.92 Å². The van der Waals surface area contributed by atoms with E-state index in [2.05, 4.69) is 25.8 Å². The number of guanidine groups is 1. The van der Waals surface area contributed by atoms with E-state index in [1.165, 1.54) is 0 Å². The van der Waals surface area contributed by atoms with Crippen LogP contribution in [0, 0.1) is 6.92 Å². The van der Waals surface area contributed by atoms with E-state index in [4.69, 9.17) is 4.52 Å². The van der Waals surface area contributed by atoms with Crippen LogP contribution in [0.2, 0.25) is 0 Å². The summed E-state index contributed by atoms with van der Waals surface area (Å²) in [6.45, 7) is 7.38. The van der Waals surface area contributed by atoms with E-state index in [9.17, 15) is 4.79 Å². The quantitative estimate of drug-likeness (QED) is 0.277. The molecule has 0 radical (unpaired) electrons. The van der Waals surface area contributed by atoms with Crippen LogP contribution in [0.1, 0.15) is 50.7 Å². The van der Waals surface area contributed by atoms with Crippen molar-refractivity contribution >= 4 is 35.8 Å². The SMILES string of the molecule is CCNC(=NCc1nc(C)no1)NCCCN1CCCCCC1=O.I. The first-order valence-electron chi connectivity index (χ1n) is 8.78. The smallest absolute Gasteiger partial charge is 0.248 e. The number of halogens is 1. The molecule has 0 spiro atoms. The van der Waals surface area contributed by atoms with Crippen molar-refractivity contribution in [3.8, 4) is 0 Å². The van der Waals surface area contributed by atoms with E-state index in [1.807, 2.05) is 11.8 Å². The molecule has 1 aliphatic rings. The Morgan fingerprint density at radius 1 is 1.32 bits per heavy atom. The highest BCUT2D eigenvalue weighted by Gasteiger charge is 2.15. The van der Waals surface area contributed by atoms with Gasteiger partial charge in [-0.25, -0.2) is 4.99 Å². The molecule has 2 rings (SSSR count). The number of aromatic nitrogens is 2. The largest absolute Gasteiger partial charge is 0.357 e. The van der Waals surface area contributed by atoms with Gasteiger partial charge in [-0.2, -0.15) is 4.98 Å². The second-order valence-corrected chi connectivity index (χ2v) is 5.90. The van der Waals surface area contributed by atoms with E-state index in [0.717, 1.165) is 57.8 Å². The summed E-state index contributed by atoms with van der Waals surface area (Å²) in [6, 6.07) is 0. The van der Waals surface area contributed by atoms with Gasteiger partial charge < -0.3 is 20.1 Å². The summed E-state index contributed by atoms with van der Waals surface area (Å²) in [5.74, 6) is 2.12. The molecular formula is C16H29IN6O2. The van der Waals surface area contributed by atoms with Gasteiger partial charge in [-0.05, 0) is 33.1 Å². The minimum Gasteiger partial charge on any atom is -0.357 e. The Hall–Kier alpha value is -1.39. The van der Waals surface area contributed by atoms with Crippen LogP contribution in [0.5, 0.6) is 0 Å². The van der Waals surface area contributed by atoms with Crippen molar-refractivity contribution in [3.05, 3.63) is 11.7 Å². The number of hydrogen-bond donors (Lipinski definition) is 2. The van der Waals surface area contributed by atoms with Gasteiger partial charge in [-0.15, -0.1) is 24.0 Å². The molecule has 1 aromatic rings. The van der Waals surface area contributed by atoms with Gasteiger partial charge in [-0.3, -0.25) is 4.79 Å². The summed E-state index contributed by atoms with van der Waals surface area (Å²) < 4.78 is 5.05. The maximum Gasteiger partial charge on any atom is 0.248 e. The molecule has 1 saturated heterocycles. The molecule has 0 saturated carbocycles. The number of hydrogen-bond acceptors (Lipinski definition) is 5. The molecule has 1 aromatic heterocycles. The zero-order valence-corrected chi connectivity index (χ0v) is 17.4. The van der Waals surface area contributed by atoms with Gasteiger partial charge >= 0.3 is 0 Å². The molecule has 1 aliphatic heterocycles. The standard InChI is InChI=1S/C16H28N6O2.HI/c1-3-17-16(19-12-14-20-13(2)21-24-14)18-9-7-11-22-10-6-4-5-8-15(22)23;/h3-12H2,1-2H3,(H2,17,18,19);1H. The van der Waals surface area contributed by atoms with Crippen molar-refractivity contribution in [1.82, 2.24) is 25.7 Å². The number of amides is 1. The van der Waals surface area contributed by atoms with Gasteiger partial charge in [0.2, 0.25) is 11.8 Å². The Morgan fingerprint density at radius 2 is 2.16 bits per heavy atom. The Morgan fingerprint density at radius 3 is 2.88 bits per heavy atom. The zero-order chi connectivity index (χ0) is 17.2. The number of rotatable bonds is 7. The van der Waals surface area contributed by atoms with E-state index >= 15 is 0 Å². The van der Waals surface area contributed by atoms with Crippen molar-refractivity contribution in [2.24, 2.45) is 4.99 Å². The zero-order valence-electron chi connectivity index (χ0n) is 15.1. The highest BCUT2D eigenvalue weighted by atomic mass is 127. The Labute approximate surface area is 166 Å². The fraction of sp³-hybridized carbons (Fsp3) is 0.750. The van der Waals surface area contributed by atoms with Gasteiger partial charge in [0.15, 0.2) is 11.8 Å². The molecule has 1 fully saturated rings. The molecule has 8 nitrogen and oxygen atoms in total. The van der Waals surface area contributed by atoms with Crippen LogP contribution in [0.3, 0.4) is 0 Å². The first-order valence-corrected chi connectivity index (χ1v) is 8.78. The molecule has 142 valence electrons. The average molecular weight is 464 g/mol. The van der Waals surface area contributed by atoms with Crippen LogP contribution in [0.25, 0.3) is 0 Å². The fourth-order valence-electron chi connectivity index (χ4n) is 2.64. The monoisotopic (exact) mass is 464 g/mol. The first kappa shape index (κ1) is 21.7. The van der Waals surface area contributed by atoms with E-state index in [-0.39, 0.29) is 24.0 Å². The van der Waals surface area contributed by atoms with Gasteiger partial charge in [0.1, 0.15) is 6.54 Å². The summed E-state index contributed by atoms with van der Waals surface area (Å²) in [5.41, 5.74) is 0. The summed E-state index contributed by atoms with van der Waals surface area (Å²) in [4.78, 5) is 22.5. The van der Waals surface area contributed by atoms with Crippen LogP contribution in [-0.2, 0) is 11.3 Å². The van der Waals surface area contributed by atoms with Gasteiger partial charge in [0, 0.05) is 32.6 Å². The Kier molecular flexibility index (Phi) is 10.4. The first-order chi connectivity index (χ1) is 11.7. The molecule has 9 heteroatoms. The topological polar surface area (TPSA) is 95.7 Å². The minimum atomic E-state index is 0. The Bertz CT molecular complexity index is 548. The maximum absolute atomic E-state index is 12.0. The number of nitrogens with zero attached hydrogens (tertiary/aromatic N) is 4. The van der Waals surface area contributed by atoms with Crippen LogP contribution >= 0.6 is 24.0 Å². The van der Waals surface area contributed by atoms with Crippen molar-refractivity contribution in [3.63, 3.8) is 0 Å². The number of carbonyl (C=O) groups is 1. The normalized spacial score (nSPS) is 15.5. The molecule has 0 unspecified atom stereocenters. The molecular weight excluding hydrogens is 435 g/mol. The van der Waals surface area contributed by atoms with Crippen LogP contribution in [0.15, 0.2) is 9.52 Å². The molecule has 1 amide bonds. The van der Waals surface area contributed by atoms with Gasteiger partial charge in [0.25, 0.3) is 0 Å². The van der Waals surface area contributed by atoms with E-state index in [0.29, 0.717) is 30.6 Å². The van der Waals surface area contributed by atoms with Crippen LogP contribution < -0.4 is 10.6 Å². The lowest BCUT2D eigenvalue weighted by atomic mass is 10.2. The van der Waals surface area contributed by atoms with Crippen molar-refractivity contribution in [2.75, 3.05) is 26.2 Å². The van der Waals surface area contributed by atoms with Crippen LogP contribution in [-0.4, -0.2) is 53.1 Å². The number of carbonyl (C=O) groups excluding carboxylic acids is 1. The number of aliphatic imine (C=N–C) groups is 1. The second-order valence-electron chi connectivity index (χ2n) is 5.90. The van der Waals surface area contributed by atoms with Crippen molar-refractivity contribution < 1.29 is 9.32 Å². The van der Waals surface area contributed by atoms with Gasteiger partial charge in [-0.1, -0.05) is 11.6 Å². The molecule has 0 atom stereocenters. The molecule has 0 bridgehead atoms. The predicted octanol–water partition coefficient (Wildman–Crippen LogP) is 1.84. The lowest BCUT2D eigenvalue weighted by Gasteiger charge is -2.20.